The highest BCUT2D eigenvalue weighted by Crippen LogP contribution is 2.12. The van der Waals surface area contributed by atoms with Gasteiger partial charge in [-0.1, -0.05) is 26.0 Å². The molecule has 0 fully saturated rings. The number of benzene rings is 1. The van der Waals surface area contributed by atoms with E-state index in [1.165, 1.54) is 6.42 Å². The molecule has 120 valence electrons. The maximum Gasteiger partial charge on any atom is 0.119 e. The molecule has 0 saturated carbocycles. The maximum absolute atomic E-state index is 9.82. The molecule has 4 nitrogen and oxygen atoms in total. The fourth-order valence-electron chi connectivity index (χ4n) is 2.04. The highest BCUT2D eigenvalue weighted by Gasteiger charge is 2.04. The fourth-order valence-corrected chi connectivity index (χ4v) is 2.04. The minimum absolute atomic E-state index is 0.392. The first-order chi connectivity index (χ1) is 10.1. The Morgan fingerprint density at radius 2 is 2.10 bits per heavy atom. The molecule has 0 spiro atoms. The van der Waals surface area contributed by atoms with Crippen molar-refractivity contribution < 1.29 is 14.6 Å². The standard InChI is InChI=1S/C17H29NO3/c1-14(2)6-5-9-21-13-16(19)12-18-11-15-7-4-8-17(10-15)20-3/h4,7-8,10,14,16,18-19H,5-6,9,11-13H2,1-3H3. The number of aliphatic hydroxyl groups is 1. The topological polar surface area (TPSA) is 50.7 Å². The molecule has 0 aliphatic heterocycles. The zero-order chi connectivity index (χ0) is 15.5. The second-order valence-corrected chi connectivity index (χ2v) is 5.75. The molecule has 0 bridgehead atoms. The third-order valence-electron chi connectivity index (χ3n) is 3.22. The van der Waals surface area contributed by atoms with Crippen LogP contribution in [0.3, 0.4) is 0 Å². The number of methoxy groups -OCH3 is 1. The molecule has 0 amide bonds. The maximum atomic E-state index is 9.82. The average molecular weight is 295 g/mol. The summed E-state index contributed by atoms with van der Waals surface area (Å²) in [6.07, 6.45) is 1.76. The van der Waals surface area contributed by atoms with Crippen LogP contribution >= 0.6 is 0 Å². The molecular weight excluding hydrogens is 266 g/mol. The highest BCUT2D eigenvalue weighted by molar-refractivity contribution is 5.28. The van der Waals surface area contributed by atoms with Crippen molar-refractivity contribution in [1.29, 1.82) is 0 Å². The van der Waals surface area contributed by atoms with Crippen molar-refractivity contribution in [3.05, 3.63) is 29.8 Å². The SMILES string of the molecule is COc1cccc(CNCC(O)COCCCC(C)C)c1. The Kier molecular flexibility index (Phi) is 9.06. The molecule has 4 heteroatoms. The normalized spacial score (nSPS) is 12.6. The fraction of sp³-hybridized carbons (Fsp3) is 0.647. The molecule has 1 atom stereocenters. The summed E-state index contributed by atoms with van der Waals surface area (Å²) in [4.78, 5) is 0. The van der Waals surface area contributed by atoms with Gasteiger partial charge in [0.2, 0.25) is 0 Å². The van der Waals surface area contributed by atoms with Gasteiger partial charge in [0.25, 0.3) is 0 Å². The Morgan fingerprint density at radius 1 is 1.29 bits per heavy atom. The van der Waals surface area contributed by atoms with Crippen molar-refractivity contribution in [3.8, 4) is 5.75 Å². The molecule has 1 rings (SSSR count). The van der Waals surface area contributed by atoms with Gasteiger partial charge in [-0.3, -0.25) is 0 Å². The van der Waals surface area contributed by atoms with Gasteiger partial charge in [-0.15, -0.1) is 0 Å². The third-order valence-corrected chi connectivity index (χ3v) is 3.22. The van der Waals surface area contributed by atoms with Gasteiger partial charge in [0.1, 0.15) is 5.75 Å². The summed E-state index contributed by atoms with van der Waals surface area (Å²) in [6, 6.07) is 7.90. The molecule has 0 aliphatic rings. The van der Waals surface area contributed by atoms with E-state index in [1.807, 2.05) is 24.3 Å². The van der Waals surface area contributed by atoms with E-state index >= 15 is 0 Å². The summed E-state index contributed by atoms with van der Waals surface area (Å²) in [5, 5.41) is 13.1. The van der Waals surface area contributed by atoms with Gasteiger partial charge in [-0.25, -0.2) is 0 Å². The number of hydrogen-bond donors (Lipinski definition) is 2. The minimum atomic E-state index is -0.463. The van der Waals surface area contributed by atoms with Gasteiger partial charge in [-0.2, -0.15) is 0 Å². The Morgan fingerprint density at radius 3 is 2.81 bits per heavy atom. The second-order valence-electron chi connectivity index (χ2n) is 5.75. The molecule has 0 aliphatic carbocycles. The lowest BCUT2D eigenvalue weighted by Gasteiger charge is -2.13. The quantitative estimate of drug-likeness (QED) is 0.616. The van der Waals surface area contributed by atoms with E-state index in [9.17, 15) is 5.11 Å². The van der Waals surface area contributed by atoms with E-state index in [4.69, 9.17) is 9.47 Å². The summed E-state index contributed by atoms with van der Waals surface area (Å²) in [5.41, 5.74) is 1.14. The van der Waals surface area contributed by atoms with Crippen LogP contribution in [0.1, 0.15) is 32.3 Å². The molecule has 21 heavy (non-hydrogen) atoms. The van der Waals surface area contributed by atoms with Crippen molar-refractivity contribution in [2.24, 2.45) is 5.92 Å². The van der Waals surface area contributed by atoms with E-state index in [0.717, 1.165) is 24.3 Å². The van der Waals surface area contributed by atoms with Crippen LogP contribution in [0.15, 0.2) is 24.3 Å². The highest BCUT2D eigenvalue weighted by atomic mass is 16.5. The monoisotopic (exact) mass is 295 g/mol. The molecule has 0 aromatic heterocycles. The first-order valence-corrected chi connectivity index (χ1v) is 7.71. The van der Waals surface area contributed by atoms with Crippen LogP contribution in [0.2, 0.25) is 0 Å². The van der Waals surface area contributed by atoms with Gasteiger partial charge in [-0.05, 0) is 36.5 Å². The van der Waals surface area contributed by atoms with Crippen LogP contribution < -0.4 is 10.1 Å². The lowest BCUT2D eigenvalue weighted by molar-refractivity contribution is 0.0346. The second kappa shape index (κ2) is 10.6. The van der Waals surface area contributed by atoms with Crippen LogP contribution in [0.25, 0.3) is 0 Å². The summed E-state index contributed by atoms with van der Waals surface area (Å²) >= 11 is 0. The van der Waals surface area contributed by atoms with Crippen molar-refractivity contribution in [2.45, 2.75) is 39.3 Å². The molecule has 1 unspecified atom stereocenters. The minimum Gasteiger partial charge on any atom is -0.497 e. The molecule has 0 heterocycles. The zero-order valence-corrected chi connectivity index (χ0v) is 13.5. The Hall–Kier alpha value is -1.10. The molecule has 0 saturated heterocycles. The first kappa shape index (κ1) is 18.0. The van der Waals surface area contributed by atoms with Crippen molar-refractivity contribution >= 4 is 0 Å². The van der Waals surface area contributed by atoms with Gasteiger partial charge in [0, 0.05) is 19.7 Å². The number of rotatable bonds is 11. The van der Waals surface area contributed by atoms with Crippen LogP contribution in [-0.4, -0.2) is 38.1 Å². The van der Waals surface area contributed by atoms with Crippen LogP contribution in [0, 0.1) is 5.92 Å². The van der Waals surface area contributed by atoms with Gasteiger partial charge in [0.05, 0.1) is 19.8 Å². The summed E-state index contributed by atoms with van der Waals surface area (Å²) in [6.45, 7) is 6.77. The summed E-state index contributed by atoms with van der Waals surface area (Å²) in [7, 11) is 1.66. The Bertz CT molecular complexity index is 382. The van der Waals surface area contributed by atoms with Crippen molar-refractivity contribution in [2.75, 3.05) is 26.9 Å². The van der Waals surface area contributed by atoms with Crippen LogP contribution in [-0.2, 0) is 11.3 Å². The molecule has 0 radical (unpaired) electrons. The lowest BCUT2D eigenvalue weighted by atomic mass is 10.1. The smallest absolute Gasteiger partial charge is 0.119 e. The number of aliphatic hydroxyl groups excluding tert-OH is 1. The van der Waals surface area contributed by atoms with Gasteiger partial charge in [0.15, 0.2) is 0 Å². The van der Waals surface area contributed by atoms with Crippen molar-refractivity contribution in [3.63, 3.8) is 0 Å². The third kappa shape index (κ3) is 8.71. The van der Waals surface area contributed by atoms with Gasteiger partial charge >= 0.3 is 0 Å². The van der Waals surface area contributed by atoms with E-state index in [0.29, 0.717) is 25.6 Å². The summed E-state index contributed by atoms with van der Waals surface area (Å²) in [5.74, 6) is 1.56. The predicted molar refractivity (Wildman–Crippen MR) is 85.6 cm³/mol. The lowest BCUT2D eigenvalue weighted by Crippen LogP contribution is -2.30. The number of hydrogen-bond acceptors (Lipinski definition) is 4. The number of ether oxygens (including phenoxy) is 2. The largest absolute Gasteiger partial charge is 0.497 e. The molecule has 2 N–H and O–H groups in total. The Labute approximate surface area is 128 Å². The summed E-state index contributed by atoms with van der Waals surface area (Å²) < 4.78 is 10.7. The number of nitrogens with one attached hydrogen (secondary N) is 1. The van der Waals surface area contributed by atoms with Crippen LogP contribution in [0.5, 0.6) is 5.75 Å². The van der Waals surface area contributed by atoms with Gasteiger partial charge < -0.3 is 19.9 Å². The van der Waals surface area contributed by atoms with Crippen LogP contribution in [0.4, 0.5) is 0 Å². The van der Waals surface area contributed by atoms with E-state index in [2.05, 4.69) is 19.2 Å². The zero-order valence-electron chi connectivity index (χ0n) is 13.5. The average Bonchev–Trinajstić information content (AvgIpc) is 2.47. The van der Waals surface area contributed by atoms with Crippen molar-refractivity contribution in [1.82, 2.24) is 5.32 Å². The van der Waals surface area contributed by atoms with E-state index in [-0.39, 0.29) is 0 Å². The molecule has 1 aromatic rings. The van der Waals surface area contributed by atoms with E-state index in [1.54, 1.807) is 7.11 Å². The first-order valence-electron chi connectivity index (χ1n) is 7.71. The van der Waals surface area contributed by atoms with E-state index < -0.39 is 6.10 Å². The predicted octanol–water partition coefficient (Wildman–Crippen LogP) is 2.60. The molecule has 1 aromatic carbocycles. The Balaban J connectivity index is 2.08. The molecular formula is C17H29NO3.